The van der Waals surface area contributed by atoms with Gasteiger partial charge in [-0.25, -0.2) is 9.78 Å². The molecule has 34 heavy (non-hydrogen) atoms. The minimum absolute atomic E-state index is 0.0957. The fourth-order valence-corrected chi connectivity index (χ4v) is 8.23. The van der Waals surface area contributed by atoms with Crippen molar-refractivity contribution < 1.29 is 4.79 Å². The van der Waals surface area contributed by atoms with E-state index in [1.165, 1.54) is 31.2 Å². The largest absolute Gasteiger partial charge is 0.342 e. The predicted octanol–water partition coefficient (Wildman–Crippen LogP) is 3.51. The highest BCUT2D eigenvalue weighted by Gasteiger charge is 2.73. The molecule has 3 aliphatic heterocycles. The van der Waals surface area contributed by atoms with E-state index in [1.807, 2.05) is 31.4 Å². The van der Waals surface area contributed by atoms with Crippen LogP contribution >= 0.6 is 0 Å². The zero-order valence-corrected chi connectivity index (χ0v) is 20.2. The Morgan fingerprint density at radius 2 is 1.94 bits per heavy atom. The number of rotatable bonds is 2. The van der Waals surface area contributed by atoms with Crippen LogP contribution in [0.1, 0.15) is 44.1 Å². The van der Waals surface area contributed by atoms with Crippen molar-refractivity contribution in [2.24, 2.45) is 5.92 Å². The van der Waals surface area contributed by atoms with Gasteiger partial charge in [-0.1, -0.05) is 18.2 Å². The quantitative estimate of drug-likeness (QED) is 0.645. The SMILES string of the molecule is CN(C)C(=O)N1CC2(CCN(C3CC4CCC5N(c6cnccn6)C45C3)CC2)c2ccccc21. The van der Waals surface area contributed by atoms with Crippen LogP contribution in [-0.2, 0) is 5.41 Å². The molecule has 2 aromatic rings. The molecule has 4 unspecified atom stereocenters. The number of carbonyl (C=O) groups excluding carboxylic acids is 1. The van der Waals surface area contributed by atoms with Gasteiger partial charge in [-0.05, 0) is 69.2 Å². The number of likely N-dealkylation sites (tertiary alicyclic amines) is 1. The van der Waals surface area contributed by atoms with Crippen molar-refractivity contribution in [3.05, 3.63) is 48.4 Å². The number of hydrogen-bond donors (Lipinski definition) is 0. The summed E-state index contributed by atoms with van der Waals surface area (Å²) >= 11 is 0. The van der Waals surface area contributed by atoms with E-state index >= 15 is 0 Å². The Morgan fingerprint density at radius 3 is 2.71 bits per heavy atom. The molecule has 0 radical (unpaired) electrons. The summed E-state index contributed by atoms with van der Waals surface area (Å²) in [4.78, 5) is 31.0. The molecule has 2 amide bonds. The Bertz CT molecular complexity index is 1110. The van der Waals surface area contributed by atoms with Gasteiger partial charge < -0.3 is 14.7 Å². The van der Waals surface area contributed by atoms with Gasteiger partial charge in [-0.2, -0.15) is 0 Å². The molecule has 7 rings (SSSR count). The molecule has 5 aliphatic rings. The van der Waals surface area contributed by atoms with Gasteiger partial charge in [0.1, 0.15) is 5.82 Å². The van der Waals surface area contributed by atoms with Gasteiger partial charge in [0.15, 0.2) is 0 Å². The van der Waals surface area contributed by atoms with Gasteiger partial charge >= 0.3 is 6.03 Å². The number of nitrogens with zero attached hydrogens (tertiary/aromatic N) is 6. The molecule has 4 atom stereocenters. The second kappa shape index (κ2) is 7.17. The summed E-state index contributed by atoms with van der Waals surface area (Å²) in [5.74, 6) is 1.87. The molecule has 2 saturated heterocycles. The van der Waals surface area contributed by atoms with Crippen molar-refractivity contribution in [3.8, 4) is 0 Å². The molecule has 7 heteroatoms. The molecule has 4 heterocycles. The van der Waals surface area contributed by atoms with Crippen LogP contribution in [0.2, 0.25) is 0 Å². The Hall–Kier alpha value is -2.67. The number of aromatic nitrogens is 2. The highest BCUT2D eigenvalue weighted by Crippen LogP contribution is 2.65. The van der Waals surface area contributed by atoms with E-state index in [0.29, 0.717) is 17.6 Å². The van der Waals surface area contributed by atoms with E-state index < -0.39 is 0 Å². The third kappa shape index (κ3) is 2.70. The van der Waals surface area contributed by atoms with Crippen molar-refractivity contribution in [2.75, 3.05) is 43.5 Å². The highest BCUT2D eigenvalue weighted by atomic mass is 16.2. The lowest BCUT2D eigenvalue weighted by atomic mass is 9.74. The van der Waals surface area contributed by atoms with Crippen LogP contribution in [0.3, 0.4) is 0 Å². The van der Waals surface area contributed by atoms with Crippen molar-refractivity contribution in [2.45, 2.75) is 61.6 Å². The zero-order valence-electron chi connectivity index (χ0n) is 20.2. The summed E-state index contributed by atoms with van der Waals surface area (Å²) in [7, 11) is 3.70. The molecule has 7 nitrogen and oxygen atoms in total. The molecule has 1 aromatic heterocycles. The van der Waals surface area contributed by atoms with E-state index in [1.54, 1.807) is 11.1 Å². The smallest absolute Gasteiger partial charge is 0.323 e. The first kappa shape index (κ1) is 20.7. The third-order valence-corrected chi connectivity index (χ3v) is 9.79. The number of carbonyl (C=O) groups is 1. The van der Waals surface area contributed by atoms with Crippen molar-refractivity contribution in [1.29, 1.82) is 0 Å². The van der Waals surface area contributed by atoms with Gasteiger partial charge in [0.2, 0.25) is 0 Å². The van der Waals surface area contributed by atoms with Gasteiger partial charge in [-0.3, -0.25) is 9.88 Å². The molecule has 2 spiro atoms. The van der Waals surface area contributed by atoms with Gasteiger partial charge in [0, 0.05) is 50.2 Å². The molecular weight excluding hydrogens is 424 g/mol. The molecule has 178 valence electrons. The van der Waals surface area contributed by atoms with E-state index in [-0.39, 0.29) is 11.4 Å². The number of urea groups is 1. The number of benzene rings is 1. The first-order valence-corrected chi connectivity index (χ1v) is 12.9. The van der Waals surface area contributed by atoms with Crippen LogP contribution in [-0.4, -0.2) is 77.2 Å². The maximum atomic E-state index is 12.9. The molecule has 1 aromatic carbocycles. The Balaban J connectivity index is 1.08. The maximum absolute atomic E-state index is 12.9. The number of para-hydroxylation sites is 1. The molecule has 2 saturated carbocycles. The third-order valence-electron chi connectivity index (χ3n) is 9.79. The number of fused-ring (bicyclic) bond motifs is 2. The topological polar surface area (TPSA) is 55.6 Å². The Kier molecular flexibility index (Phi) is 4.36. The first-order chi connectivity index (χ1) is 16.5. The number of hydrogen-bond acceptors (Lipinski definition) is 5. The average molecular weight is 459 g/mol. The predicted molar refractivity (Wildman–Crippen MR) is 132 cm³/mol. The van der Waals surface area contributed by atoms with Crippen molar-refractivity contribution >= 4 is 17.5 Å². The Labute approximate surface area is 201 Å². The summed E-state index contributed by atoms with van der Waals surface area (Å²) < 4.78 is 0. The normalized spacial score (nSPS) is 33.1. The molecule has 4 fully saturated rings. The average Bonchev–Trinajstić information content (AvgIpc) is 3.12. The van der Waals surface area contributed by atoms with Gasteiger partial charge in [-0.15, -0.1) is 0 Å². The number of piperidine rings is 2. The minimum atomic E-state index is 0.0957. The summed E-state index contributed by atoms with van der Waals surface area (Å²) in [6, 6.07) is 10.0. The number of anilines is 2. The standard InChI is InChI=1S/C27H34N6O/c1-30(2)25(34)32-18-26(21-5-3-4-6-22(21)32)9-13-31(14-10-26)20-15-19-7-8-23-27(19,16-20)33(23)24-17-28-11-12-29-24/h3-6,11-12,17,19-20,23H,7-10,13-16,18H2,1-2H3. The van der Waals surface area contributed by atoms with Crippen molar-refractivity contribution in [1.82, 2.24) is 19.8 Å². The molecule has 0 N–H and O–H groups in total. The van der Waals surface area contributed by atoms with E-state index in [2.05, 4.69) is 44.0 Å². The summed E-state index contributed by atoms with van der Waals surface area (Å²) in [6.07, 6.45) is 13.1. The molecule has 2 aliphatic carbocycles. The van der Waals surface area contributed by atoms with E-state index in [4.69, 9.17) is 0 Å². The van der Waals surface area contributed by atoms with Crippen molar-refractivity contribution in [3.63, 3.8) is 0 Å². The fraction of sp³-hybridized carbons (Fsp3) is 0.593. The van der Waals surface area contributed by atoms with E-state index in [9.17, 15) is 4.79 Å². The summed E-state index contributed by atoms with van der Waals surface area (Å²) in [5.41, 5.74) is 2.93. The highest BCUT2D eigenvalue weighted by molar-refractivity contribution is 5.95. The van der Waals surface area contributed by atoms with Crippen LogP contribution < -0.4 is 9.80 Å². The van der Waals surface area contributed by atoms with Crippen LogP contribution in [0.4, 0.5) is 16.3 Å². The maximum Gasteiger partial charge on any atom is 0.323 e. The zero-order chi connectivity index (χ0) is 23.1. The molecular formula is C27H34N6O. The van der Waals surface area contributed by atoms with Crippen LogP contribution in [0, 0.1) is 5.92 Å². The van der Waals surface area contributed by atoms with Crippen LogP contribution in [0.25, 0.3) is 0 Å². The fourth-order valence-electron chi connectivity index (χ4n) is 8.23. The van der Waals surface area contributed by atoms with E-state index in [0.717, 1.165) is 49.9 Å². The lowest BCUT2D eigenvalue weighted by Crippen LogP contribution is -2.49. The summed E-state index contributed by atoms with van der Waals surface area (Å²) in [5, 5.41) is 0. The van der Waals surface area contributed by atoms with Crippen LogP contribution in [0.15, 0.2) is 42.9 Å². The van der Waals surface area contributed by atoms with Gasteiger partial charge in [0.05, 0.1) is 17.8 Å². The van der Waals surface area contributed by atoms with Crippen LogP contribution in [0.5, 0.6) is 0 Å². The second-order valence-corrected chi connectivity index (χ2v) is 11.4. The summed E-state index contributed by atoms with van der Waals surface area (Å²) in [6.45, 7) is 3.07. The first-order valence-electron chi connectivity index (χ1n) is 12.9. The lowest BCUT2D eigenvalue weighted by Gasteiger charge is -2.42. The monoisotopic (exact) mass is 458 g/mol. The lowest BCUT2D eigenvalue weighted by molar-refractivity contribution is 0.118. The molecule has 0 bridgehead atoms. The minimum Gasteiger partial charge on any atom is -0.342 e. The van der Waals surface area contributed by atoms with Gasteiger partial charge in [0.25, 0.3) is 0 Å². The second-order valence-electron chi connectivity index (χ2n) is 11.4. The Morgan fingerprint density at radius 1 is 1.12 bits per heavy atom. The number of amides is 2.